The predicted molar refractivity (Wildman–Crippen MR) is 103 cm³/mol. The fourth-order valence-corrected chi connectivity index (χ4v) is 2.25. The minimum atomic E-state index is -0.786. The average Bonchev–Trinajstić information content (AvgIpc) is 2.73. The van der Waals surface area contributed by atoms with Crippen molar-refractivity contribution in [3.63, 3.8) is 0 Å². The smallest absolute Gasteiger partial charge is 0.354 e. The zero-order valence-electron chi connectivity index (χ0n) is 15.6. The van der Waals surface area contributed by atoms with E-state index in [0.717, 1.165) is 6.08 Å². The molecule has 2 aromatic rings. The van der Waals surface area contributed by atoms with Gasteiger partial charge in [0.15, 0.2) is 0 Å². The summed E-state index contributed by atoms with van der Waals surface area (Å²) in [5, 5.41) is 5.52. The van der Waals surface area contributed by atoms with Crippen LogP contribution in [0.1, 0.15) is 10.4 Å². The number of benzene rings is 2. The van der Waals surface area contributed by atoms with Crippen molar-refractivity contribution in [1.82, 2.24) is 0 Å². The van der Waals surface area contributed by atoms with Crippen LogP contribution in [-0.4, -0.2) is 39.2 Å². The van der Waals surface area contributed by atoms with Gasteiger partial charge in [0.25, 0.3) is 5.91 Å². The van der Waals surface area contributed by atoms with Crippen molar-refractivity contribution >= 4 is 29.2 Å². The second kappa shape index (κ2) is 9.77. The van der Waals surface area contributed by atoms with Crippen molar-refractivity contribution in [2.45, 2.75) is 0 Å². The van der Waals surface area contributed by atoms with E-state index in [-0.39, 0.29) is 11.6 Å². The summed E-state index contributed by atoms with van der Waals surface area (Å²) in [7, 11) is 3.80. The third-order valence-electron chi connectivity index (χ3n) is 3.63. The molecule has 0 saturated carbocycles. The quantitative estimate of drug-likeness (QED) is 0.559. The van der Waals surface area contributed by atoms with Crippen molar-refractivity contribution in [3.8, 4) is 5.75 Å². The van der Waals surface area contributed by atoms with Crippen LogP contribution in [0.5, 0.6) is 5.75 Å². The summed E-state index contributed by atoms with van der Waals surface area (Å²) in [5.41, 5.74) is 1.07. The number of amides is 1. The number of anilines is 2. The summed E-state index contributed by atoms with van der Waals surface area (Å²) in [6.45, 7) is 0. The summed E-state index contributed by atoms with van der Waals surface area (Å²) in [6, 6.07) is 13.6. The zero-order valence-corrected chi connectivity index (χ0v) is 15.6. The number of ether oxygens (including phenoxy) is 3. The van der Waals surface area contributed by atoms with Crippen LogP contribution in [-0.2, 0) is 19.1 Å². The number of carbonyl (C=O) groups is 3. The maximum atomic E-state index is 12.5. The number of hydrogen-bond acceptors (Lipinski definition) is 7. The lowest BCUT2D eigenvalue weighted by atomic mass is 10.1. The molecule has 146 valence electrons. The minimum Gasteiger partial charge on any atom is -0.495 e. The SMILES string of the molecule is COC(=O)/C=C(/Nc1cc(C(=O)Nc2ccccc2)ccc1OC)C(=O)OC. The van der Waals surface area contributed by atoms with Gasteiger partial charge >= 0.3 is 11.9 Å². The molecule has 0 atom stereocenters. The van der Waals surface area contributed by atoms with Crippen LogP contribution in [0.2, 0.25) is 0 Å². The normalized spacial score (nSPS) is 10.6. The van der Waals surface area contributed by atoms with Crippen molar-refractivity contribution in [2.75, 3.05) is 32.0 Å². The first-order valence-corrected chi connectivity index (χ1v) is 8.18. The molecule has 8 heteroatoms. The Bertz CT molecular complexity index is 893. The molecule has 0 bridgehead atoms. The molecule has 0 radical (unpaired) electrons. The molecule has 1 amide bonds. The van der Waals surface area contributed by atoms with E-state index in [1.165, 1.54) is 27.4 Å². The Kier molecular flexibility index (Phi) is 7.15. The minimum absolute atomic E-state index is 0.173. The van der Waals surface area contributed by atoms with Gasteiger partial charge < -0.3 is 24.8 Å². The molecule has 0 aromatic heterocycles. The highest BCUT2D eigenvalue weighted by Gasteiger charge is 2.17. The molecule has 2 N–H and O–H groups in total. The molecular weight excluding hydrogens is 364 g/mol. The van der Waals surface area contributed by atoms with Gasteiger partial charge in [-0.25, -0.2) is 9.59 Å². The molecule has 0 heterocycles. The van der Waals surface area contributed by atoms with Gasteiger partial charge in [-0.1, -0.05) is 18.2 Å². The van der Waals surface area contributed by atoms with E-state index in [2.05, 4.69) is 20.1 Å². The van der Waals surface area contributed by atoms with Crippen LogP contribution in [0.15, 0.2) is 60.3 Å². The lowest BCUT2D eigenvalue weighted by Crippen LogP contribution is -2.17. The van der Waals surface area contributed by atoms with Crippen LogP contribution in [0.4, 0.5) is 11.4 Å². The van der Waals surface area contributed by atoms with E-state index in [4.69, 9.17) is 4.74 Å². The van der Waals surface area contributed by atoms with Crippen molar-refractivity contribution in [1.29, 1.82) is 0 Å². The molecule has 0 unspecified atom stereocenters. The highest BCUT2D eigenvalue weighted by molar-refractivity contribution is 6.05. The van der Waals surface area contributed by atoms with E-state index in [1.54, 1.807) is 36.4 Å². The number of methoxy groups -OCH3 is 3. The summed E-state index contributed by atoms with van der Waals surface area (Å²) >= 11 is 0. The maximum absolute atomic E-state index is 12.5. The lowest BCUT2D eigenvalue weighted by molar-refractivity contribution is -0.138. The molecule has 0 saturated heterocycles. The Morgan fingerprint density at radius 3 is 2.21 bits per heavy atom. The van der Waals surface area contributed by atoms with Gasteiger partial charge in [0.1, 0.15) is 11.4 Å². The molecule has 2 rings (SSSR count). The second-order valence-corrected chi connectivity index (χ2v) is 5.43. The number of esters is 2. The van der Waals surface area contributed by atoms with Gasteiger partial charge in [-0.2, -0.15) is 0 Å². The van der Waals surface area contributed by atoms with E-state index >= 15 is 0 Å². The molecule has 0 aliphatic carbocycles. The standard InChI is InChI=1S/C20H20N2O6/c1-26-17-10-9-13(19(24)21-14-7-5-4-6-8-14)11-15(17)22-16(20(25)28-3)12-18(23)27-2/h4-12,22H,1-3H3,(H,21,24)/b16-12+. The summed E-state index contributed by atoms with van der Waals surface area (Å²) in [5.74, 6) is -1.53. The number of rotatable bonds is 7. The van der Waals surface area contributed by atoms with Crippen molar-refractivity contribution in [2.24, 2.45) is 0 Å². The highest BCUT2D eigenvalue weighted by Crippen LogP contribution is 2.27. The van der Waals surface area contributed by atoms with Crippen LogP contribution >= 0.6 is 0 Å². The Morgan fingerprint density at radius 1 is 0.893 bits per heavy atom. The molecule has 0 aliphatic heterocycles. The molecule has 28 heavy (non-hydrogen) atoms. The fraction of sp³-hybridized carbons (Fsp3) is 0.150. The highest BCUT2D eigenvalue weighted by atomic mass is 16.5. The predicted octanol–water partition coefficient (Wildman–Crippen LogP) is 2.59. The number of hydrogen-bond donors (Lipinski definition) is 2. The third-order valence-corrected chi connectivity index (χ3v) is 3.63. The van der Waals surface area contributed by atoms with Crippen molar-refractivity contribution in [3.05, 3.63) is 65.9 Å². The third kappa shape index (κ3) is 5.34. The van der Waals surface area contributed by atoms with E-state index < -0.39 is 11.9 Å². The first-order chi connectivity index (χ1) is 13.5. The first-order valence-electron chi connectivity index (χ1n) is 8.18. The molecule has 0 fully saturated rings. The Labute approximate surface area is 162 Å². The van der Waals surface area contributed by atoms with Crippen molar-refractivity contribution < 1.29 is 28.6 Å². The lowest BCUT2D eigenvalue weighted by Gasteiger charge is -2.14. The Hall–Kier alpha value is -3.81. The molecule has 2 aromatic carbocycles. The maximum Gasteiger partial charge on any atom is 0.354 e. The molecular formula is C20H20N2O6. The fourth-order valence-electron chi connectivity index (χ4n) is 2.25. The topological polar surface area (TPSA) is 103 Å². The van der Waals surface area contributed by atoms with Gasteiger partial charge in [0, 0.05) is 11.3 Å². The Morgan fingerprint density at radius 2 is 1.61 bits per heavy atom. The van der Waals surface area contributed by atoms with Gasteiger partial charge in [-0.3, -0.25) is 4.79 Å². The molecule has 8 nitrogen and oxygen atoms in total. The van der Waals surface area contributed by atoms with E-state index in [0.29, 0.717) is 22.7 Å². The summed E-state index contributed by atoms with van der Waals surface area (Å²) in [4.78, 5) is 36.0. The monoisotopic (exact) mass is 384 g/mol. The summed E-state index contributed by atoms with van der Waals surface area (Å²) < 4.78 is 14.5. The van der Waals surface area contributed by atoms with Crippen LogP contribution in [0.25, 0.3) is 0 Å². The number of nitrogens with one attached hydrogen (secondary N) is 2. The van der Waals surface area contributed by atoms with Crippen LogP contribution in [0.3, 0.4) is 0 Å². The number of para-hydroxylation sites is 1. The van der Waals surface area contributed by atoms with Crippen LogP contribution < -0.4 is 15.4 Å². The zero-order chi connectivity index (χ0) is 20.5. The molecule has 0 spiro atoms. The van der Waals surface area contributed by atoms with E-state index in [9.17, 15) is 14.4 Å². The second-order valence-electron chi connectivity index (χ2n) is 5.43. The largest absolute Gasteiger partial charge is 0.495 e. The Balaban J connectivity index is 2.33. The molecule has 0 aliphatic rings. The van der Waals surface area contributed by atoms with Gasteiger partial charge in [0.2, 0.25) is 0 Å². The van der Waals surface area contributed by atoms with Crippen LogP contribution in [0, 0.1) is 0 Å². The van der Waals surface area contributed by atoms with Gasteiger partial charge in [-0.15, -0.1) is 0 Å². The van der Waals surface area contributed by atoms with Gasteiger partial charge in [0.05, 0.1) is 33.1 Å². The number of carbonyl (C=O) groups excluding carboxylic acids is 3. The van der Waals surface area contributed by atoms with Gasteiger partial charge in [-0.05, 0) is 30.3 Å². The van der Waals surface area contributed by atoms with E-state index in [1.807, 2.05) is 6.07 Å². The summed E-state index contributed by atoms with van der Waals surface area (Å²) in [6.07, 6.45) is 0.946. The average molecular weight is 384 g/mol. The first kappa shape index (κ1) is 20.5.